The zero-order valence-electron chi connectivity index (χ0n) is 27.3. The van der Waals surface area contributed by atoms with E-state index in [0.29, 0.717) is 100 Å². The van der Waals surface area contributed by atoms with E-state index in [2.05, 4.69) is 4.98 Å². The van der Waals surface area contributed by atoms with Crippen LogP contribution in [0.4, 0.5) is 0 Å². The molecule has 264 valence electrons. The third-order valence-corrected chi connectivity index (χ3v) is 6.98. The maximum absolute atomic E-state index is 12.9. The maximum atomic E-state index is 12.9. The van der Waals surface area contributed by atoms with Crippen LogP contribution >= 0.6 is 0 Å². The number of carbonyl (C=O) groups excluding carboxylic acids is 2. The number of aromatic nitrogens is 1. The third kappa shape index (κ3) is 12.2. The Bertz CT molecular complexity index is 1380. The Morgan fingerprint density at radius 2 is 0.735 bits per heavy atom. The van der Waals surface area contributed by atoms with Crippen LogP contribution in [0.15, 0.2) is 54.6 Å². The van der Waals surface area contributed by atoms with Crippen LogP contribution < -0.4 is 18.9 Å². The van der Waals surface area contributed by atoms with Crippen LogP contribution in [0.2, 0.25) is 0 Å². The number of rotatable bonds is 0. The van der Waals surface area contributed by atoms with Crippen molar-refractivity contribution in [1.29, 1.82) is 0 Å². The predicted octanol–water partition coefficient (Wildman–Crippen LogP) is 3.42. The Morgan fingerprint density at radius 1 is 0.388 bits per heavy atom. The van der Waals surface area contributed by atoms with E-state index in [0.717, 1.165) is 0 Å². The number of pyridine rings is 1. The van der Waals surface area contributed by atoms with Crippen molar-refractivity contribution in [2.24, 2.45) is 0 Å². The molecule has 2 aromatic carbocycles. The molecule has 0 saturated heterocycles. The zero-order chi connectivity index (χ0) is 33.9. The van der Waals surface area contributed by atoms with Crippen LogP contribution in [0.25, 0.3) is 0 Å². The summed E-state index contributed by atoms with van der Waals surface area (Å²) < 4.78 is 63.0. The lowest BCUT2D eigenvalue weighted by Gasteiger charge is -2.15. The average Bonchev–Trinajstić information content (AvgIpc) is 3.12. The van der Waals surface area contributed by atoms with E-state index in [1.807, 2.05) is 0 Å². The summed E-state index contributed by atoms with van der Waals surface area (Å²) in [5.41, 5.74) is 1.22. The number of ether oxygens (including phenoxy) is 11. The Balaban J connectivity index is 1.37. The number of hydrogen-bond donors (Lipinski definition) is 0. The summed E-state index contributed by atoms with van der Waals surface area (Å²) in [5, 5.41) is 0. The van der Waals surface area contributed by atoms with Gasteiger partial charge < -0.3 is 52.1 Å². The summed E-state index contributed by atoms with van der Waals surface area (Å²) in [6, 6.07) is 14.9. The fraction of sp³-hybridized carbons (Fsp3) is 0.457. The summed E-state index contributed by atoms with van der Waals surface area (Å²) in [5.74, 6) is 0.477. The van der Waals surface area contributed by atoms with Crippen molar-refractivity contribution < 1.29 is 61.7 Å². The Kier molecular flexibility index (Phi) is 14.7. The summed E-state index contributed by atoms with van der Waals surface area (Å²) >= 11 is 0. The minimum atomic E-state index is -0.707. The van der Waals surface area contributed by atoms with Gasteiger partial charge in [0.1, 0.15) is 51.0 Å². The summed E-state index contributed by atoms with van der Waals surface area (Å²) in [7, 11) is 0. The molecule has 0 atom stereocenters. The monoisotopic (exact) mass is 683 g/mol. The van der Waals surface area contributed by atoms with Crippen LogP contribution in [0, 0.1) is 0 Å². The molecular weight excluding hydrogens is 642 g/mol. The van der Waals surface area contributed by atoms with Gasteiger partial charge in [0.2, 0.25) is 0 Å². The highest BCUT2D eigenvalue weighted by atomic mass is 16.6. The first-order valence-corrected chi connectivity index (χ1v) is 16.1. The lowest BCUT2D eigenvalue weighted by molar-refractivity contribution is 0.00469. The fourth-order valence-electron chi connectivity index (χ4n) is 4.56. The van der Waals surface area contributed by atoms with Crippen molar-refractivity contribution in [3.63, 3.8) is 0 Å². The average molecular weight is 684 g/mol. The molecule has 14 nitrogen and oxygen atoms in total. The smallest absolute Gasteiger partial charge is 0.357 e. The SMILES string of the molecule is O=C1OCc2ccc3c(c2)OCCOCCOCCOCCOc2cc(ccc2OCCOCCOCCO3)COC(=O)c2cccc1n2. The van der Waals surface area contributed by atoms with Crippen LogP contribution in [0.5, 0.6) is 23.0 Å². The van der Waals surface area contributed by atoms with Gasteiger partial charge in [-0.3, -0.25) is 0 Å². The van der Waals surface area contributed by atoms with E-state index in [1.54, 1.807) is 36.4 Å². The van der Waals surface area contributed by atoms with Gasteiger partial charge in [0.05, 0.1) is 66.1 Å². The number of nitrogens with zero attached hydrogens (tertiary/aromatic N) is 1. The predicted molar refractivity (Wildman–Crippen MR) is 171 cm³/mol. The molecule has 0 saturated carbocycles. The topological polar surface area (TPSA) is 149 Å². The van der Waals surface area contributed by atoms with E-state index in [1.165, 1.54) is 18.2 Å². The summed E-state index contributed by atoms with van der Waals surface area (Å²) in [6.45, 7) is 4.50. The van der Waals surface area contributed by atoms with E-state index in [4.69, 9.17) is 52.1 Å². The van der Waals surface area contributed by atoms with E-state index < -0.39 is 11.9 Å². The second kappa shape index (κ2) is 20.1. The molecule has 0 fully saturated rings. The molecule has 1 aromatic heterocycles. The van der Waals surface area contributed by atoms with Crippen LogP contribution in [0.1, 0.15) is 32.1 Å². The second-order valence-corrected chi connectivity index (χ2v) is 10.6. The maximum Gasteiger partial charge on any atom is 0.357 e. The summed E-state index contributed by atoms with van der Waals surface area (Å²) in [4.78, 5) is 30.0. The largest absolute Gasteiger partial charge is 0.487 e. The summed E-state index contributed by atoms with van der Waals surface area (Å²) in [6.07, 6.45) is 0. The van der Waals surface area contributed by atoms with Gasteiger partial charge >= 0.3 is 11.9 Å². The normalized spacial score (nSPS) is 18.4. The molecule has 14 heteroatoms. The molecule has 0 aliphatic carbocycles. The molecule has 0 spiro atoms. The number of benzene rings is 2. The number of hydrogen-bond acceptors (Lipinski definition) is 14. The highest BCUT2D eigenvalue weighted by Gasteiger charge is 2.17. The van der Waals surface area contributed by atoms with Gasteiger partial charge in [-0.15, -0.1) is 0 Å². The molecule has 8 rings (SSSR count). The van der Waals surface area contributed by atoms with E-state index in [-0.39, 0.29) is 51.0 Å². The molecule has 0 amide bonds. The molecule has 0 N–H and O–H groups in total. The van der Waals surface area contributed by atoms with Gasteiger partial charge in [0.15, 0.2) is 23.0 Å². The number of esters is 2. The Labute approximate surface area is 284 Å². The van der Waals surface area contributed by atoms with Crippen LogP contribution in [0.3, 0.4) is 0 Å². The lowest BCUT2D eigenvalue weighted by atomic mass is 10.2. The Morgan fingerprint density at radius 3 is 1.12 bits per heavy atom. The molecular formula is C35H41NO13. The van der Waals surface area contributed by atoms with Gasteiger partial charge in [-0.05, 0) is 47.5 Å². The minimum absolute atomic E-state index is 0.0408. The standard InChI is InChI=1S/C35H41NO13/c37-34-28-2-1-3-29(36-28)35(38)49-25-27-5-7-31-33(23-27)47-21-17-43-11-9-39-8-10-42-16-20-46-32-22-26(24-48-34)4-6-30(32)44-18-14-40-12-13-41-15-19-45-31/h1-7,22-23H,8-21,24-25H2. The fourth-order valence-corrected chi connectivity index (χ4v) is 4.56. The molecule has 0 radical (unpaired) electrons. The van der Waals surface area contributed by atoms with Gasteiger partial charge in [0.25, 0.3) is 0 Å². The second-order valence-electron chi connectivity index (χ2n) is 10.6. The van der Waals surface area contributed by atoms with E-state index >= 15 is 0 Å². The van der Waals surface area contributed by atoms with Gasteiger partial charge in [-0.2, -0.15) is 0 Å². The van der Waals surface area contributed by atoms with Gasteiger partial charge in [0, 0.05) is 0 Å². The van der Waals surface area contributed by atoms with E-state index in [9.17, 15) is 9.59 Å². The first-order chi connectivity index (χ1) is 24.2. The molecule has 6 heterocycles. The molecule has 49 heavy (non-hydrogen) atoms. The Hall–Kier alpha value is -4.47. The zero-order valence-corrected chi connectivity index (χ0v) is 27.3. The highest BCUT2D eigenvalue weighted by molar-refractivity contribution is 5.91. The lowest BCUT2D eigenvalue weighted by Crippen LogP contribution is -2.15. The molecule has 0 unspecified atom stereocenters. The highest BCUT2D eigenvalue weighted by Crippen LogP contribution is 2.30. The van der Waals surface area contributed by atoms with Crippen LogP contribution in [-0.4, -0.2) is 109 Å². The molecule has 5 aliphatic rings. The van der Waals surface area contributed by atoms with Gasteiger partial charge in [-0.25, -0.2) is 14.6 Å². The van der Waals surface area contributed by atoms with Crippen molar-refractivity contribution in [1.82, 2.24) is 4.98 Å². The van der Waals surface area contributed by atoms with Crippen molar-refractivity contribution in [2.75, 3.05) is 92.5 Å². The van der Waals surface area contributed by atoms with Crippen molar-refractivity contribution >= 4 is 11.9 Å². The van der Waals surface area contributed by atoms with Crippen molar-refractivity contribution in [3.8, 4) is 23.0 Å². The first-order valence-electron chi connectivity index (χ1n) is 16.1. The first kappa shape index (κ1) is 35.8. The third-order valence-electron chi connectivity index (χ3n) is 6.98. The molecule has 5 aliphatic heterocycles. The van der Waals surface area contributed by atoms with Crippen molar-refractivity contribution in [3.05, 3.63) is 77.1 Å². The molecule has 8 bridgehead atoms. The quantitative estimate of drug-likeness (QED) is 0.319. The molecule has 3 aromatic rings. The van der Waals surface area contributed by atoms with Crippen LogP contribution in [-0.2, 0) is 46.4 Å². The van der Waals surface area contributed by atoms with Gasteiger partial charge in [-0.1, -0.05) is 18.2 Å². The minimum Gasteiger partial charge on any atom is -0.487 e. The number of carbonyl (C=O) groups is 2. The van der Waals surface area contributed by atoms with Crippen molar-refractivity contribution in [2.45, 2.75) is 13.2 Å².